The number of rotatable bonds is 5. The van der Waals surface area contributed by atoms with Gasteiger partial charge in [-0.2, -0.15) is 5.10 Å². The molecule has 1 aliphatic heterocycles. The monoisotopic (exact) mass is 294 g/mol. The van der Waals surface area contributed by atoms with Crippen LogP contribution in [0.25, 0.3) is 0 Å². The molecule has 116 valence electrons. The van der Waals surface area contributed by atoms with Gasteiger partial charge in [-0.3, -0.25) is 9.48 Å². The number of aliphatic carboxylic acids is 1. The zero-order chi connectivity index (χ0) is 15.3. The Balaban J connectivity index is 1.85. The predicted molar refractivity (Wildman–Crippen MR) is 76.8 cm³/mol. The topological polar surface area (TPSA) is 87.5 Å². The van der Waals surface area contributed by atoms with Crippen LogP contribution in [0.1, 0.15) is 26.2 Å². The van der Waals surface area contributed by atoms with Crippen LogP contribution in [0.5, 0.6) is 0 Å². The summed E-state index contributed by atoms with van der Waals surface area (Å²) in [5.74, 6) is -0.806. The minimum atomic E-state index is -0.806. The van der Waals surface area contributed by atoms with E-state index in [4.69, 9.17) is 0 Å². The van der Waals surface area contributed by atoms with Gasteiger partial charge in [0.05, 0.1) is 12.0 Å². The number of nitrogens with zero attached hydrogens (tertiary/aromatic N) is 3. The molecule has 1 atom stereocenters. The fourth-order valence-electron chi connectivity index (χ4n) is 2.74. The number of carbonyl (C=O) groups excluding carboxylic acids is 1. The minimum Gasteiger partial charge on any atom is -0.481 e. The quantitative estimate of drug-likeness (QED) is 0.853. The Labute approximate surface area is 123 Å². The van der Waals surface area contributed by atoms with E-state index < -0.39 is 11.4 Å². The Bertz CT molecular complexity index is 488. The fourth-order valence-corrected chi connectivity index (χ4v) is 2.74. The molecule has 2 amide bonds. The molecule has 0 spiro atoms. The SMILES string of the molecule is CCC1(C(=O)O)CCCN(C(=O)NCCn2cccn2)C1. The van der Waals surface area contributed by atoms with Crippen molar-refractivity contribution in [2.45, 2.75) is 32.7 Å². The smallest absolute Gasteiger partial charge is 0.317 e. The number of piperidine rings is 1. The highest BCUT2D eigenvalue weighted by Gasteiger charge is 2.42. The normalized spacial score (nSPS) is 22.0. The van der Waals surface area contributed by atoms with Gasteiger partial charge < -0.3 is 15.3 Å². The molecular formula is C14H22N4O3. The zero-order valence-corrected chi connectivity index (χ0v) is 12.3. The van der Waals surface area contributed by atoms with E-state index in [9.17, 15) is 14.7 Å². The summed E-state index contributed by atoms with van der Waals surface area (Å²) in [7, 11) is 0. The summed E-state index contributed by atoms with van der Waals surface area (Å²) >= 11 is 0. The molecule has 1 aromatic rings. The highest BCUT2D eigenvalue weighted by atomic mass is 16.4. The first kappa shape index (κ1) is 15.3. The van der Waals surface area contributed by atoms with Gasteiger partial charge in [0, 0.05) is 32.0 Å². The molecule has 2 rings (SSSR count). The standard InChI is InChI=1S/C14H22N4O3/c1-2-14(12(19)20)5-3-8-17(11-14)13(21)15-7-10-18-9-4-6-16-18/h4,6,9H,2-3,5,7-8,10-11H2,1H3,(H,15,21)(H,19,20). The lowest BCUT2D eigenvalue weighted by atomic mass is 9.78. The molecule has 0 bridgehead atoms. The van der Waals surface area contributed by atoms with Crippen molar-refractivity contribution in [3.8, 4) is 0 Å². The van der Waals surface area contributed by atoms with Crippen molar-refractivity contribution in [3.63, 3.8) is 0 Å². The number of aromatic nitrogens is 2. The van der Waals surface area contributed by atoms with Crippen LogP contribution in [0, 0.1) is 5.41 Å². The van der Waals surface area contributed by atoms with Gasteiger partial charge in [-0.1, -0.05) is 6.92 Å². The van der Waals surface area contributed by atoms with Gasteiger partial charge in [0.15, 0.2) is 0 Å². The number of carboxylic acids is 1. The molecule has 1 saturated heterocycles. The van der Waals surface area contributed by atoms with Crippen molar-refractivity contribution in [2.75, 3.05) is 19.6 Å². The zero-order valence-electron chi connectivity index (χ0n) is 12.3. The molecule has 0 aromatic carbocycles. The molecule has 1 fully saturated rings. The number of urea groups is 1. The lowest BCUT2D eigenvalue weighted by Crippen LogP contribution is -2.52. The van der Waals surface area contributed by atoms with Crippen LogP contribution in [0.4, 0.5) is 4.79 Å². The average molecular weight is 294 g/mol. The van der Waals surface area contributed by atoms with Gasteiger partial charge in [-0.15, -0.1) is 0 Å². The van der Waals surface area contributed by atoms with Gasteiger partial charge in [0.1, 0.15) is 0 Å². The van der Waals surface area contributed by atoms with Crippen LogP contribution in [0.15, 0.2) is 18.5 Å². The lowest BCUT2D eigenvalue weighted by molar-refractivity contribution is -0.152. The van der Waals surface area contributed by atoms with E-state index in [1.165, 1.54) is 0 Å². The molecule has 1 aromatic heterocycles. The van der Waals surface area contributed by atoms with E-state index in [1.807, 2.05) is 19.2 Å². The summed E-state index contributed by atoms with van der Waals surface area (Å²) in [6.45, 7) is 3.84. The Morgan fingerprint density at radius 2 is 2.29 bits per heavy atom. The number of hydrogen-bond donors (Lipinski definition) is 2. The first-order valence-corrected chi connectivity index (χ1v) is 7.31. The summed E-state index contributed by atoms with van der Waals surface area (Å²) < 4.78 is 1.74. The van der Waals surface area contributed by atoms with Crippen molar-refractivity contribution < 1.29 is 14.7 Å². The van der Waals surface area contributed by atoms with E-state index in [1.54, 1.807) is 15.8 Å². The third kappa shape index (κ3) is 3.53. The summed E-state index contributed by atoms with van der Waals surface area (Å²) in [4.78, 5) is 25.2. The number of hydrogen-bond acceptors (Lipinski definition) is 3. The van der Waals surface area contributed by atoms with E-state index in [-0.39, 0.29) is 12.6 Å². The van der Waals surface area contributed by atoms with Gasteiger partial charge >= 0.3 is 12.0 Å². The maximum Gasteiger partial charge on any atom is 0.317 e. The van der Waals surface area contributed by atoms with Crippen molar-refractivity contribution in [3.05, 3.63) is 18.5 Å². The maximum atomic E-state index is 12.1. The molecule has 7 nitrogen and oxygen atoms in total. The second-order valence-corrected chi connectivity index (χ2v) is 5.47. The van der Waals surface area contributed by atoms with Crippen LogP contribution in [0.3, 0.4) is 0 Å². The van der Waals surface area contributed by atoms with E-state index >= 15 is 0 Å². The number of carbonyl (C=O) groups is 2. The molecule has 21 heavy (non-hydrogen) atoms. The third-order valence-corrected chi connectivity index (χ3v) is 4.17. The molecule has 1 aliphatic rings. The Kier molecular flexibility index (Phi) is 4.82. The first-order valence-electron chi connectivity index (χ1n) is 7.31. The molecule has 7 heteroatoms. The Hall–Kier alpha value is -2.05. The number of likely N-dealkylation sites (tertiary alicyclic amines) is 1. The van der Waals surface area contributed by atoms with Crippen molar-refractivity contribution >= 4 is 12.0 Å². The number of nitrogens with one attached hydrogen (secondary N) is 1. The van der Waals surface area contributed by atoms with Crippen LogP contribution in [-0.2, 0) is 11.3 Å². The van der Waals surface area contributed by atoms with Crippen LogP contribution < -0.4 is 5.32 Å². The van der Waals surface area contributed by atoms with Gasteiger partial charge in [0.2, 0.25) is 0 Å². The number of amides is 2. The van der Waals surface area contributed by atoms with Crippen LogP contribution in [0.2, 0.25) is 0 Å². The molecule has 2 heterocycles. The minimum absolute atomic E-state index is 0.194. The van der Waals surface area contributed by atoms with Gasteiger partial charge in [-0.25, -0.2) is 4.79 Å². The second-order valence-electron chi connectivity index (χ2n) is 5.47. The predicted octanol–water partition coefficient (Wildman–Crippen LogP) is 1.17. The molecule has 0 radical (unpaired) electrons. The molecule has 2 N–H and O–H groups in total. The van der Waals surface area contributed by atoms with Crippen LogP contribution >= 0.6 is 0 Å². The fraction of sp³-hybridized carbons (Fsp3) is 0.643. The Morgan fingerprint density at radius 1 is 1.48 bits per heavy atom. The average Bonchev–Trinajstić information content (AvgIpc) is 3.00. The van der Waals surface area contributed by atoms with Gasteiger partial charge in [0.25, 0.3) is 0 Å². The van der Waals surface area contributed by atoms with E-state index in [0.717, 1.165) is 6.42 Å². The Morgan fingerprint density at radius 3 is 2.90 bits per heavy atom. The molecular weight excluding hydrogens is 272 g/mol. The highest BCUT2D eigenvalue weighted by Crippen LogP contribution is 2.33. The highest BCUT2D eigenvalue weighted by molar-refractivity contribution is 5.78. The largest absolute Gasteiger partial charge is 0.481 e. The third-order valence-electron chi connectivity index (χ3n) is 4.17. The maximum absolute atomic E-state index is 12.1. The summed E-state index contributed by atoms with van der Waals surface area (Å²) in [5, 5.41) is 16.3. The molecule has 1 unspecified atom stereocenters. The van der Waals surface area contributed by atoms with Crippen molar-refractivity contribution in [1.82, 2.24) is 20.0 Å². The lowest BCUT2D eigenvalue weighted by Gasteiger charge is -2.39. The first-order chi connectivity index (χ1) is 10.1. The van der Waals surface area contributed by atoms with Crippen molar-refractivity contribution in [2.24, 2.45) is 5.41 Å². The number of carboxylic acid groups (broad SMARTS) is 1. The van der Waals surface area contributed by atoms with E-state index in [0.29, 0.717) is 32.5 Å². The van der Waals surface area contributed by atoms with Crippen molar-refractivity contribution in [1.29, 1.82) is 0 Å². The molecule has 0 aliphatic carbocycles. The summed E-state index contributed by atoms with van der Waals surface area (Å²) in [6, 6.07) is 1.63. The molecule has 0 saturated carbocycles. The summed E-state index contributed by atoms with van der Waals surface area (Å²) in [5.41, 5.74) is -0.794. The van der Waals surface area contributed by atoms with E-state index in [2.05, 4.69) is 10.4 Å². The van der Waals surface area contributed by atoms with Gasteiger partial charge in [-0.05, 0) is 25.3 Å². The summed E-state index contributed by atoms with van der Waals surface area (Å²) in [6.07, 6.45) is 5.43. The second kappa shape index (κ2) is 6.60. The van der Waals surface area contributed by atoms with Crippen LogP contribution in [-0.4, -0.2) is 51.4 Å².